The highest BCUT2D eigenvalue weighted by molar-refractivity contribution is 7.99. The third-order valence-electron chi connectivity index (χ3n) is 3.28. The summed E-state index contributed by atoms with van der Waals surface area (Å²) in [7, 11) is 0. The number of thioether (sulfide) groups is 1. The average molecular weight is 360 g/mol. The lowest BCUT2D eigenvalue weighted by molar-refractivity contribution is -0.113. The second-order valence-electron chi connectivity index (χ2n) is 5.84. The summed E-state index contributed by atoms with van der Waals surface area (Å²) >= 11 is 1.43. The summed E-state index contributed by atoms with van der Waals surface area (Å²) < 4.78 is 12.9. The SMILES string of the molecule is CC(C)NC(=O)c1ccccc1NC(=O)CSCc1ccc(F)cc1. The van der Waals surface area contributed by atoms with E-state index in [-0.39, 0.29) is 29.4 Å². The van der Waals surface area contributed by atoms with Gasteiger partial charge in [0.05, 0.1) is 17.0 Å². The predicted octanol–water partition coefficient (Wildman–Crippen LogP) is 3.84. The molecule has 0 aromatic heterocycles. The van der Waals surface area contributed by atoms with Crippen LogP contribution >= 0.6 is 11.8 Å². The molecule has 2 N–H and O–H groups in total. The Labute approximate surface area is 151 Å². The summed E-state index contributed by atoms with van der Waals surface area (Å²) in [5.74, 6) is 0.185. The Morgan fingerprint density at radius 1 is 1.08 bits per heavy atom. The third-order valence-corrected chi connectivity index (χ3v) is 4.28. The molecule has 0 aliphatic carbocycles. The Morgan fingerprint density at radius 3 is 2.44 bits per heavy atom. The number of benzene rings is 2. The molecule has 0 saturated carbocycles. The van der Waals surface area contributed by atoms with E-state index >= 15 is 0 Å². The van der Waals surface area contributed by atoms with Gasteiger partial charge in [0.15, 0.2) is 0 Å². The van der Waals surface area contributed by atoms with E-state index in [1.807, 2.05) is 13.8 Å². The van der Waals surface area contributed by atoms with Crippen molar-refractivity contribution in [3.63, 3.8) is 0 Å². The zero-order chi connectivity index (χ0) is 18.2. The maximum absolute atomic E-state index is 12.9. The lowest BCUT2D eigenvalue weighted by Crippen LogP contribution is -2.31. The molecule has 0 saturated heterocycles. The van der Waals surface area contributed by atoms with Gasteiger partial charge in [0.2, 0.25) is 5.91 Å². The average Bonchev–Trinajstić information content (AvgIpc) is 2.56. The lowest BCUT2D eigenvalue weighted by Gasteiger charge is -2.13. The van der Waals surface area contributed by atoms with Gasteiger partial charge in [-0.15, -0.1) is 11.8 Å². The number of hydrogen-bond acceptors (Lipinski definition) is 3. The molecule has 0 fully saturated rings. The van der Waals surface area contributed by atoms with Crippen LogP contribution in [0.25, 0.3) is 0 Å². The molecular formula is C19H21FN2O2S. The molecule has 0 aliphatic rings. The molecule has 2 rings (SSSR count). The van der Waals surface area contributed by atoms with Gasteiger partial charge in [-0.1, -0.05) is 24.3 Å². The van der Waals surface area contributed by atoms with Gasteiger partial charge in [0.1, 0.15) is 5.82 Å². The number of carbonyl (C=O) groups is 2. The number of anilines is 1. The second kappa shape index (κ2) is 9.22. The lowest BCUT2D eigenvalue weighted by atomic mass is 10.1. The number of para-hydroxylation sites is 1. The van der Waals surface area contributed by atoms with Crippen LogP contribution in [0.5, 0.6) is 0 Å². The maximum atomic E-state index is 12.9. The quantitative estimate of drug-likeness (QED) is 0.789. The molecule has 0 spiro atoms. The normalized spacial score (nSPS) is 10.6. The Hall–Kier alpha value is -2.34. The number of rotatable bonds is 7. The highest BCUT2D eigenvalue weighted by Crippen LogP contribution is 2.17. The minimum absolute atomic E-state index is 0.0162. The summed E-state index contributed by atoms with van der Waals surface area (Å²) in [6.07, 6.45) is 0. The minimum Gasteiger partial charge on any atom is -0.350 e. The number of hydrogen-bond donors (Lipinski definition) is 2. The summed E-state index contributed by atoms with van der Waals surface area (Å²) in [6.45, 7) is 3.76. The maximum Gasteiger partial charge on any atom is 0.253 e. The first-order valence-electron chi connectivity index (χ1n) is 7.97. The van der Waals surface area contributed by atoms with Gasteiger partial charge in [0, 0.05) is 11.8 Å². The molecule has 2 amide bonds. The van der Waals surface area contributed by atoms with Gasteiger partial charge >= 0.3 is 0 Å². The van der Waals surface area contributed by atoms with E-state index in [9.17, 15) is 14.0 Å². The van der Waals surface area contributed by atoms with Crippen LogP contribution in [-0.4, -0.2) is 23.6 Å². The monoisotopic (exact) mass is 360 g/mol. The summed E-state index contributed by atoms with van der Waals surface area (Å²) in [5.41, 5.74) is 1.89. The van der Waals surface area contributed by atoms with Crippen LogP contribution in [0.1, 0.15) is 29.8 Å². The van der Waals surface area contributed by atoms with Crippen molar-refractivity contribution < 1.29 is 14.0 Å². The van der Waals surface area contributed by atoms with Gasteiger partial charge < -0.3 is 10.6 Å². The topological polar surface area (TPSA) is 58.2 Å². The molecular weight excluding hydrogens is 339 g/mol. The molecule has 6 heteroatoms. The summed E-state index contributed by atoms with van der Waals surface area (Å²) in [6, 6.07) is 13.1. The van der Waals surface area contributed by atoms with Crippen LogP contribution < -0.4 is 10.6 Å². The molecule has 0 unspecified atom stereocenters. The second-order valence-corrected chi connectivity index (χ2v) is 6.83. The molecule has 0 atom stereocenters. The molecule has 0 aliphatic heterocycles. The summed E-state index contributed by atoms with van der Waals surface area (Å²) in [4.78, 5) is 24.3. The number of nitrogens with one attached hydrogen (secondary N) is 2. The number of carbonyl (C=O) groups excluding carboxylic acids is 2. The van der Waals surface area contributed by atoms with Crippen LogP contribution in [0.4, 0.5) is 10.1 Å². The molecule has 0 radical (unpaired) electrons. The van der Waals surface area contributed by atoms with Gasteiger partial charge in [-0.2, -0.15) is 0 Å². The summed E-state index contributed by atoms with van der Waals surface area (Å²) in [5, 5.41) is 5.60. The molecule has 4 nitrogen and oxygen atoms in total. The van der Waals surface area contributed by atoms with E-state index in [1.165, 1.54) is 23.9 Å². The molecule has 0 bridgehead atoms. The van der Waals surface area contributed by atoms with Crippen molar-refractivity contribution >= 4 is 29.3 Å². The highest BCUT2D eigenvalue weighted by Gasteiger charge is 2.13. The fourth-order valence-corrected chi connectivity index (χ4v) is 2.95. The van der Waals surface area contributed by atoms with E-state index in [1.54, 1.807) is 36.4 Å². The molecule has 132 valence electrons. The number of amides is 2. The van der Waals surface area contributed by atoms with Crippen molar-refractivity contribution in [1.82, 2.24) is 5.32 Å². The van der Waals surface area contributed by atoms with Gasteiger partial charge in [-0.05, 0) is 43.7 Å². The van der Waals surface area contributed by atoms with E-state index in [2.05, 4.69) is 10.6 Å². The Bertz CT molecular complexity index is 732. The highest BCUT2D eigenvalue weighted by atomic mass is 32.2. The third kappa shape index (κ3) is 6.23. The van der Waals surface area contributed by atoms with Crippen LogP contribution in [0.3, 0.4) is 0 Å². The standard InChI is InChI=1S/C19H21FN2O2S/c1-13(2)21-19(24)16-5-3-4-6-17(16)22-18(23)12-25-11-14-7-9-15(20)10-8-14/h3-10,13H,11-12H2,1-2H3,(H,21,24)(H,22,23). The van der Waals surface area contributed by atoms with Crippen LogP contribution in [-0.2, 0) is 10.5 Å². The van der Waals surface area contributed by atoms with Crippen LogP contribution in [0, 0.1) is 5.82 Å². The zero-order valence-corrected chi connectivity index (χ0v) is 15.0. The predicted molar refractivity (Wildman–Crippen MR) is 100 cm³/mol. The van der Waals surface area contributed by atoms with Crippen molar-refractivity contribution in [1.29, 1.82) is 0 Å². The molecule has 0 heterocycles. The molecule has 2 aromatic carbocycles. The van der Waals surface area contributed by atoms with Crippen molar-refractivity contribution in [2.45, 2.75) is 25.6 Å². The van der Waals surface area contributed by atoms with Crippen LogP contribution in [0.2, 0.25) is 0 Å². The van der Waals surface area contributed by atoms with E-state index in [0.29, 0.717) is 17.0 Å². The Balaban J connectivity index is 1.90. The van der Waals surface area contributed by atoms with Gasteiger partial charge in [0.25, 0.3) is 5.91 Å². The molecule has 2 aromatic rings. The molecule has 25 heavy (non-hydrogen) atoms. The van der Waals surface area contributed by atoms with E-state index in [0.717, 1.165) is 5.56 Å². The van der Waals surface area contributed by atoms with Crippen molar-refractivity contribution in [3.8, 4) is 0 Å². The number of halogens is 1. The van der Waals surface area contributed by atoms with Gasteiger partial charge in [-0.25, -0.2) is 4.39 Å². The largest absolute Gasteiger partial charge is 0.350 e. The smallest absolute Gasteiger partial charge is 0.253 e. The minimum atomic E-state index is -0.275. The first-order chi connectivity index (χ1) is 12.0. The Kier molecular flexibility index (Phi) is 7.01. The fraction of sp³-hybridized carbons (Fsp3) is 0.263. The van der Waals surface area contributed by atoms with Crippen molar-refractivity contribution in [2.24, 2.45) is 0 Å². The fourth-order valence-electron chi connectivity index (χ4n) is 2.16. The Morgan fingerprint density at radius 2 is 1.76 bits per heavy atom. The van der Waals surface area contributed by atoms with Crippen LogP contribution in [0.15, 0.2) is 48.5 Å². The van der Waals surface area contributed by atoms with Crippen molar-refractivity contribution in [3.05, 3.63) is 65.5 Å². The first kappa shape index (κ1) is 19.0. The van der Waals surface area contributed by atoms with Crippen molar-refractivity contribution in [2.75, 3.05) is 11.1 Å². The van der Waals surface area contributed by atoms with E-state index in [4.69, 9.17) is 0 Å². The van der Waals surface area contributed by atoms with Gasteiger partial charge in [-0.3, -0.25) is 9.59 Å². The van der Waals surface area contributed by atoms with E-state index < -0.39 is 0 Å². The first-order valence-corrected chi connectivity index (χ1v) is 9.13. The zero-order valence-electron chi connectivity index (χ0n) is 14.2.